The van der Waals surface area contributed by atoms with Crippen LogP contribution in [0.1, 0.15) is 25.7 Å². The van der Waals surface area contributed by atoms with Gasteiger partial charge in [-0.1, -0.05) is 30.1 Å². The van der Waals surface area contributed by atoms with Crippen molar-refractivity contribution in [3.8, 4) is 17.0 Å². The molecule has 124 valence electrons. The smallest absolute Gasteiger partial charge is 0.263 e. The summed E-state index contributed by atoms with van der Waals surface area (Å²) >= 11 is 0. The van der Waals surface area contributed by atoms with Crippen LogP contribution in [-0.2, 0) is 0 Å². The van der Waals surface area contributed by atoms with Crippen LogP contribution in [-0.4, -0.2) is 35.3 Å². The van der Waals surface area contributed by atoms with E-state index in [-0.39, 0.29) is 0 Å². The highest BCUT2D eigenvalue weighted by molar-refractivity contribution is 5.99. The number of nitrogens with zero attached hydrogens (tertiary/aromatic N) is 4. The average molecular weight is 324 g/mol. The predicted octanol–water partition coefficient (Wildman–Crippen LogP) is 3.67. The Hall–Kier alpha value is -2.63. The summed E-state index contributed by atoms with van der Waals surface area (Å²) in [6.07, 6.45) is 6.46. The third-order valence-electron chi connectivity index (χ3n) is 4.52. The van der Waals surface area contributed by atoms with Crippen LogP contribution < -0.4 is 9.64 Å². The first-order valence-corrected chi connectivity index (χ1v) is 8.37. The number of fused-ring (bicyclic) bond motifs is 1. The first-order valence-electron chi connectivity index (χ1n) is 8.37. The summed E-state index contributed by atoms with van der Waals surface area (Å²) in [7, 11) is 1.66. The number of aromatic nitrogens is 3. The lowest BCUT2D eigenvalue weighted by Crippen LogP contribution is -2.25. The summed E-state index contributed by atoms with van der Waals surface area (Å²) in [4.78, 5) is 11.1. The molecule has 0 unspecified atom stereocenters. The first-order chi connectivity index (χ1) is 11.9. The number of anilines is 1. The van der Waals surface area contributed by atoms with Crippen LogP contribution in [0, 0.1) is 0 Å². The molecule has 2 aromatic heterocycles. The van der Waals surface area contributed by atoms with E-state index < -0.39 is 0 Å². The van der Waals surface area contributed by atoms with Gasteiger partial charge < -0.3 is 14.2 Å². The average Bonchev–Trinajstić information content (AvgIpc) is 2.88. The van der Waals surface area contributed by atoms with Crippen molar-refractivity contribution < 1.29 is 9.26 Å². The molecule has 0 N–H and O–H groups in total. The predicted molar refractivity (Wildman–Crippen MR) is 92.3 cm³/mol. The molecule has 6 heteroatoms. The molecule has 6 nitrogen and oxygen atoms in total. The Bertz CT molecular complexity index is 838. The first kappa shape index (κ1) is 14.9. The molecule has 0 spiro atoms. The van der Waals surface area contributed by atoms with E-state index in [0.29, 0.717) is 5.71 Å². The molecule has 0 bridgehead atoms. The molecule has 1 fully saturated rings. The van der Waals surface area contributed by atoms with Crippen LogP contribution in [0.4, 0.5) is 5.82 Å². The van der Waals surface area contributed by atoms with Crippen LogP contribution in [0.3, 0.4) is 0 Å². The summed E-state index contributed by atoms with van der Waals surface area (Å²) in [6.45, 7) is 2.01. The van der Waals surface area contributed by atoms with Crippen molar-refractivity contribution in [1.29, 1.82) is 0 Å². The molecular formula is C18H20N4O2. The molecule has 0 atom stereocenters. The zero-order chi connectivity index (χ0) is 16.4. The Morgan fingerprint density at radius 2 is 1.83 bits per heavy atom. The highest BCUT2D eigenvalue weighted by atomic mass is 16.5. The normalized spacial score (nSPS) is 15.5. The lowest BCUT2D eigenvalue weighted by molar-refractivity contribution is 0.414. The number of hydrogen-bond acceptors (Lipinski definition) is 6. The number of hydrogen-bond donors (Lipinski definition) is 0. The lowest BCUT2D eigenvalue weighted by atomic mass is 10.1. The maximum Gasteiger partial charge on any atom is 0.263 e. The number of benzene rings is 1. The van der Waals surface area contributed by atoms with E-state index >= 15 is 0 Å². The fourth-order valence-corrected chi connectivity index (χ4v) is 3.32. The molecule has 4 rings (SSSR count). The van der Waals surface area contributed by atoms with E-state index in [0.717, 1.165) is 41.3 Å². The topological polar surface area (TPSA) is 64.3 Å². The number of rotatable bonds is 3. The molecule has 24 heavy (non-hydrogen) atoms. The highest BCUT2D eigenvalue weighted by Gasteiger charge is 2.22. The van der Waals surface area contributed by atoms with Crippen molar-refractivity contribution in [3.63, 3.8) is 0 Å². The van der Waals surface area contributed by atoms with Crippen molar-refractivity contribution in [2.45, 2.75) is 25.7 Å². The fraction of sp³-hybridized carbons (Fsp3) is 0.389. The minimum Gasteiger partial charge on any atom is -0.496 e. The Morgan fingerprint density at radius 3 is 2.62 bits per heavy atom. The van der Waals surface area contributed by atoms with E-state index in [1.807, 2.05) is 24.3 Å². The molecule has 0 amide bonds. The van der Waals surface area contributed by atoms with Gasteiger partial charge >= 0.3 is 0 Å². The van der Waals surface area contributed by atoms with E-state index in [1.54, 1.807) is 13.4 Å². The second kappa shape index (κ2) is 6.47. The van der Waals surface area contributed by atoms with E-state index in [2.05, 4.69) is 20.0 Å². The second-order valence-electron chi connectivity index (χ2n) is 6.01. The molecule has 1 aliphatic rings. The standard InChI is InChI=1S/C18H20N4O2/c1-23-14-9-5-4-8-13(14)16-15-17(19-12-20-18(15)24-21-16)22-10-6-2-3-7-11-22/h4-5,8-9,12H,2-3,6-7,10-11H2,1H3. The summed E-state index contributed by atoms with van der Waals surface area (Å²) in [5.41, 5.74) is 2.15. The largest absolute Gasteiger partial charge is 0.496 e. The highest BCUT2D eigenvalue weighted by Crippen LogP contribution is 2.37. The molecule has 3 heterocycles. The Balaban J connectivity index is 1.88. The molecule has 1 saturated heterocycles. The Labute approximate surface area is 140 Å². The summed E-state index contributed by atoms with van der Waals surface area (Å²) in [5, 5.41) is 5.13. The van der Waals surface area contributed by atoms with Crippen molar-refractivity contribution in [3.05, 3.63) is 30.6 Å². The number of ether oxygens (including phenoxy) is 1. The van der Waals surface area contributed by atoms with E-state index in [9.17, 15) is 0 Å². The number of methoxy groups -OCH3 is 1. The van der Waals surface area contributed by atoms with Gasteiger partial charge in [0.2, 0.25) is 0 Å². The Kier molecular flexibility index (Phi) is 4.02. The van der Waals surface area contributed by atoms with Crippen LogP contribution in [0.25, 0.3) is 22.4 Å². The monoisotopic (exact) mass is 324 g/mol. The fourth-order valence-electron chi connectivity index (χ4n) is 3.32. The number of para-hydroxylation sites is 1. The molecule has 1 aromatic carbocycles. The Morgan fingerprint density at radius 1 is 1.04 bits per heavy atom. The summed E-state index contributed by atoms with van der Waals surface area (Å²) in [5.74, 6) is 1.67. The van der Waals surface area contributed by atoms with Crippen LogP contribution in [0.15, 0.2) is 35.1 Å². The third kappa shape index (κ3) is 2.58. The maximum absolute atomic E-state index is 5.49. The SMILES string of the molecule is COc1ccccc1-c1noc2ncnc(N3CCCCCC3)c12. The minimum atomic E-state index is 0.519. The van der Waals surface area contributed by atoms with Gasteiger partial charge in [-0.25, -0.2) is 4.98 Å². The van der Waals surface area contributed by atoms with E-state index in [1.165, 1.54) is 25.7 Å². The lowest BCUT2D eigenvalue weighted by Gasteiger charge is -2.21. The van der Waals surface area contributed by atoms with Gasteiger partial charge in [0.1, 0.15) is 29.0 Å². The van der Waals surface area contributed by atoms with Crippen molar-refractivity contribution >= 4 is 16.9 Å². The van der Waals surface area contributed by atoms with Gasteiger partial charge in [0.15, 0.2) is 0 Å². The van der Waals surface area contributed by atoms with Crippen LogP contribution in [0.2, 0.25) is 0 Å². The van der Waals surface area contributed by atoms with Crippen molar-refractivity contribution in [1.82, 2.24) is 15.1 Å². The van der Waals surface area contributed by atoms with Crippen molar-refractivity contribution in [2.24, 2.45) is 0 Å². The van der Waals surface area contributed by atoms with Crippen LogP contribution >= 0.6 is 0 Å². The quantitative estimate of drug-likeness (QED) is 0.732. The molecule has 0 aliphatic carbocycles. The molecule has 0 saturated carbocycles. The van der Waals surface area contributed by atoms with E-state index in [4.69, 9.17) is 9.26 Å². The van der Waals surface area contributed by atoms with Crippen LogP contribution in [0.5, 0.6) is 5.75 Å². The third-order valence-corrected chi connectivity index (χ3v) is 4.52. The molecular weight excluding hydrogens is 304 g/mol. The van der Waals surface area contributed by atoms with Gasteiger partial charge in [0.05, 0.1) is 7.11 Å². The summed E-state index contributed by atoms with van der Waals surface area (Å²) in [6, 6.07) is 7.81. The molecule has 0 radical (unpaired) electrons. The maximum atomic E-state index is 5.49. The molecule has 1 aliphatic heterocycles. The van der Waals surface area contributed by atoms with Gasteiger partial charge in [-0.15, -0.1) is 0 Å². The zero-order valence-corrected chi connectivity index (χ0v) is 13.7. The zero-order valence-electron chi connectivity index (χ0n) is 13.7. The van der Waals surface area contributed by atoms with Crippen molar-refractivity contribution in [2.75, 3.05) is 25.1 Å². The van der Waals surface area contributed by atoms with Gasteiger partial charge in [0.25, 0.3) is 5.71 Å². The van der Waals surface area contributed by atoms with Gasteiger partial charge in [0, 0.05) is 18.7 Å². The minimum absolute atomic E-state index is 0.519. The van der Waals surface area contributed by atoms with Gasteiger partial charge in [-0.2, -0.15) is 4.98 Å². The van der Waals surface area contributed by atoms with Gasteiger partial charge in [-0.3, -0.25) is 0 Å². The van der Waals surface area contributed by atoms with Gasteiger partial charge in [-0.05, 0) is 25.0 Å². The second-order valence-corrected chi connectivity index (χ2v) is 6.01. The molecule has 3 aromatic rings. The summed E-state index contributed by atoms with van der Waals surface area (Å²) < 4.78 is 11.0.